The summed E-state index contributed by atoms with van der Waals surface area (Å²) < 4.78 is 22.3. The summed E-state index contributed by atoms with van der Waals surface area (Å²) in [7, 11) is -2.91. The van der Waals surface area contributed by atoms with Crippen LogP contribution < -0.4 is 11.1 Å². The molecule has 1 aliphatic heterocycles. The van der Waals surface area contributed by atoms with Crippen molar-refractivity contribution in [3.05, 3.63) is 0 Å². The first-order valence-electron chi connectivity index (χ1n) is 5.22. The van der Waals surface area contributed by atoms with Crippen LogP contribution in [0.15, 0.2) is 0 Å². The van der Waals surface area contributed by atoms with Crippen LogP contribution in [0.3, 0.4) is 0 Å². The van der Waals surface area contributed by atoms with Gasteiger partial charge in [-0.1, -0.05) is 0 Å². The van der Waals surface area contributed by atoms with Gasteiger partial charge in [0.25, 0.3) is 0 Å². The zero-order valence-corrected chi connectivity index (χ0v) is 9.29. The van der Waals surface area contributed by atoms with E-state index in [0.29, 0.717) is 6.42 Å². The number of amides is 1. The number of sulfone groups is 1. The Morgan fingerprint density at radius 2 is 2.00 bits per heavy atom. The second kappa shape index (κ2) is 3.75. The Balaban J connectivity index is 1.81. The van der Waals surface area contributed by atoms with Crippen molar-refractivity contribution in [2.75, 3.05) is 11.5 Å². The summed E-state index contributed by atoms with van der Waals surface area (Å²) in [6.45, 7) is 0. The predicted molar refractivity (Wildman–Crippen MR) is 55.9 cm³/mol. The lowest BCUT2D eigenvalue weighted by molar-refractivity contribution is -0.128. The van der Waals surface area contributed by atoms with Crippen molar-refractivity contribution < 1.29 is 13.2 Å². The summed E-state index contributed by atoms with van der Waals surface area (Å²) in [6.07, 6.45) is 2.00. The molecule has 3 N–H and O–H groups in total. The van der Waals surface area contributed by atoms with Crippen LogP contribution in [0.1, 0.15) is 19.3 Å². The van der Waals surface area contributed by atoms with Crippen molar-refractivity contribution in [2.45, 2.75) is 31.3 Å². The summed E-state index contributed by atoms with van der Waals surface area (Å²) in [5.74, 6) is 0.265. The SMILES string of the molecule is NC1CC(C(=O)NC2CCS(=O)(=O)C2)C1. The van der Waals surface area contributed by atoms with Gasteiger partial charge in [-0.25, -0.2) is 8.42 Å². The molecule has 6 heteroatoms. The monoisotopic (exact) mass is 232 g/mol. The Morgan fingerprint density at radius 3 is 2.47 bits per heavy atom. The Morgan fingerprint density at radius 1 is 1.33 bits per heavy atom. The molecule has 1 saturated heterocycles. The second-order valence-corrected chi connectivity index (χ2v) is 6.77. The minimum atomic E-state index is -2.91. The van der Waals surface area contributed by atoms with Crippen LogP contribution in [-0.2, 0) is 14.6 Å². The molecule has 0 aromatic carbocycles. The van der Waals surface area contributed by atoms with E-state index in [1.54, 1.807) is 0 Å². The fraction of sp³-hybridized carbons (Fsp3) is 0.889. The fourth-order valence-corrected chi connectivity index (χ4v) is 3.78. The van der Waals surface area contributed by atoms with Gasteiger partial charge in [-0.3, -0.25) is 4.79 Å². The zero-order valence-electron chi connectivity index (χ0n) is 8.48. The number of carbonyl (C=O) groups excluding carboxylic acids is 1. The van der Waals surface area contributed by atoms with E-state index in [2.05, 4.69) is 5.32 Å². The van der Waals surface area contributed by atoms with Crippen molar-refractivity contribution in [1.29, 1.82) is 0 Å². The third-order valence-electron chi connectivity index (χ3n) is 3.12. The van der Waals surface area contributed by atoms with E-state index in [0.717, 1.165) is 12.8 Å². The molecule has 2 fully saturated rings. The molecule has 1 atom stereocenters. The van der Waals surface area contributed by atoms with E-state index in [9.17, 15) is 13.2 Å². The molecule has 0 spiro atoms. The average molecular weight is 232 g/mol. The van der Waals surface area contributed by atoms with Gasteiger partial charge in [0, 0.05) is 18.0 Å². The largest absolute Gasteiger partial charge is 0.352 e. The Labute approximate surface area is 89.3 Å². The summed E-state index contributed by atoms with van der Waals surface area (Å²) >= 11 is 0. The lowest BCUT2D eigenvalue weighted by Crippen LogP contribution is -2.48. The molecule has 1 aliphatic carbocycles. The van der Waals surface area contributed by atoms with Gasteiger partial charge >= 0.3 is 0 Å². The lowest BCUT2D eigenvalue weighted by atomic mass is 9.80. The first kappa shape index (κ1) is 10.9. The number of hydrogen-bond acceptors (Lipinski definition) is 4. The van der Waals surface area contributed by atoms with Gasteiger partial charge in [-0.05, 0) is 19.3 Å². The van der Waals surface area contributed by atoms with Crippen molar-refractivity contribution >= 4 is 15.7 Å². The van der Waals surface area contributed by atoms with E-state index in [1.807, 2.05) is 0 Å². The van der Waals surface area contributed by atoms with Gasteiger partial charge in [0.05, 0.1) is 11.5 Å². The quantitative estimate of drug-likeness (QED) is 0.641. The maximum Gasteiger partial charge on any atom is 0.223 e. The summed E-state index contributed by atoms with van der Waals surface area (Å²) in [6, 6.07) is -0.0348. The molecule has 86 valence electrons. The highest BCUT2D eigenvalue weighted by Crippen LogP contribution is 2.26. The Hall–Kier alpha value is -0.620. The van der Waals surface area contributed by atoms with Crippen LogP contribution in [0.2, 0.25) is 0 Å². The highest BCUT2D eigenvalue weighted by Gasteiger charge is 2.35. The Kier molecular flexibility index (Phi) is 2.72. The maximum absolute atomic E-state index is 11.6. The van der Waals surface area contributed by atoms with Crippen LogP contribution >= 0.6 is 0 Å². The van der Waals surface area contributed by atoms with Gasteiger partial charge in [0.1, 0.15) is 0 Å². The lowest BCUT2D eigenvalue weighted by Gasteiger charge is -2.31. The van der Waals surface area contributed by atoms with Crippen LogP contribution in [0, 0.1) is 5.92 Å². The number of rotatable bonds is 2. The predicted octanol–water partition coefficient (Wildman–Crippen LogP) is -0.973. The summed E-state index contributed by atoms with van der Waals surface area (Å²) in [5.41, 5.74) is 5.58. The molecule has 1 unspecified atom stereocenters. The molecule has 1 saturated carbocycles. The first-order valence-corrected chi connectivity index (χ1v) is 7.05. The van der Waals surface area contributed by atoms with Gasteiger partial charge in [-0.15, -0.1) is 0 Å². The highest BCUT2D eigenvalue weighted by molar-refractivity contribution is 7.91. The molecule has 0 bridgehead atoms. The van der Waals surface area contributed by atoms with Crippen molar-refractivity contribution in [2.24, 2.45) is 11.7 Å². The number of carbonyl (C=O) groups is 1. The van der Waals surface area contributed by atoms with E-state index in [1.165, 1.54) is 0 Å². The molecule has 0 radical (unpaired) electrons. The van der Waals surface area contributed by atoms with E-state index < -0.39 is 9.84 Å². The van der Waals surface area contributed by atoms with Crippen molar-refractivity contribution in [3.8, 4) is 0 Å². The minimum Gasteiger partial charge on any atom is -0.352 e. The fourth-order valence-electron chi connectivity index (χ4n) is 2.10. The average Bonchev–Trinajstić information content (AvgIpc) is 2.40. The van der Waals surface area contributed by atoms with Gasteiger partial charge in [-0.2, -0.15) is 0 Å². The number of nitrogens with one attached hydrogen (secondary N) is 1. The molecule has 0 aromatic heterocycles. The van der Waals surface area contributed by atoms with Gasteiger partial charge in [0.2, 0.25) is 5.91 Å². The third-order valence-corrected chi connectivity index (χ3v) is 4.89. The van der Waals surface area contributed by atoms with E-state index in [-0.39, 0.29) is 35.4 Å². The standard InChI is InChI=1S/C9H16N2O3S/c10-7-3-6(4-7)9(12)11-8-1-2-15(13,14)5-8/h6-8H,1-5,10H2,(H,11,12). The third kappa shape index (κ3) is 2.49. The molecule has 5 nitrogen and oxygen atoms in total. The van der Waals surface area contributed by atoms with Gasteiger partial charge < -0.3 is 11.1 Å². The normalized spacial score (nSPS) is 38.3. The highest BCUT2D eigenvalue weighted by atomic mass is 32.2. The van der Waals surface area contributed by atoms with Crippen molar-refractivity contribution in [1.82, 2.24) is 5.32 Å². The summed E-state index contributed by atoms with van der Waals surface area (Å²) in [4.78, 5) is 11.6. The number of nitrogens with two attached hydrogens (primary N) is 1. The topological polar surface area (TPSA) is 89.3 Å². The molecular weight excluding hydrogens is 216 g/mol. The number of hydrogen-bond donors (Lipinski definition) is 2. The van der Waals surface area contributed by atoms with E-state index >= 15 is 0 Å². The van der Waals surface area contributed by atoms with Gasteiger partial charge in [0.15, 0.2) is 9.84 Å². The smallest absolute Gasteiger partial charge is 0.223 e. The molecule has 1 heterocycles. The minimum absolute atomic E-state index is 0.00306. The second-order valence-electron chi connectivity index (χ2n) is 4.54. The molecule has 15 heavy (non-hydrogen) atoms. The van der Waals surface area contributed by atoms with Crippen LogP contribution in [0.25, 0.3) is 0 Å². The van der Waals surface area contributed by atoms with Crippen molar-refractivity contribution in [3.63, 3.8) is 0 Å². The molecule has 0 aromatic rings. The van der Waals surface area contributed by atoms with E-state index in [4.69, 9.17) is 5.73 Å². The Bertz CT molecular complexity index is 360. The molecule has 2 aliphatic rings. The maximum atomic E-state index is 11.6. The summed E-state index contributed by atoms with van der Waals surface area (Å²) in [5, 5.41) is 2.78. The first-order chi connectivity index (χ1) is 6.96. The molecule has 1 amide bonds. The van der Waals surface area contributed by atoms with Crippen LogP contribution in [-0.4, -0.2) is 37.9 Å². The molecular formula is C9H16N2O3S. The zero-order chi connectivity index (χ0) is 11.1. The van der Waals surface area contributed by atoms with Crippen LogP contribution in [0.4, 0.5) is 0 Å². The van der Waals surface area contributed by atoms with Crippen LogP contribution in [0.5, 0.6) is 0 Å². The molecule has 2 rings (SSSR count).